The first-order valence-corrected chi connectivity index (χ1v) is 10.8. The zero-order valence-electron chi connectivity index (χ0n) is 19.6. The van der Waals surface area contributed by atoms with Crippen molar-refractivity contribution in [1.82, 2.24) is 5.43 Å². The summed E-state index contributed by atoms with van der Waals surface area (Å²) in [5, 5.41) is 4.09. The first kappa shape index (κ1) is 24.9. The van der Waals surface area contributed by atoms with Crippen LogP contribution in [0.4, 0.5) is 8.78 Å². The molecule has 1 N–H and O–H groups in total. The van der Waals surface area contributed by atoms with Gasteiger partial charge in [-0.2, -0.15) is 13.9 Å². The van der Waals surface area contributed by atoms with Crippen LogP contribution in [-0.2, 0) is 12.0 Å². The molecule has 3 rings (SSSR count). The maximum absolute atomic E-state index is 12.4. The molecule has 0 aromatic heterocycles. The molecule has 0 bridgehead atoms. The van der Waals surface area contributed by atoms with E-state index < -0.39 is 6.61 Å². The molecule has 0 aliphatic rings. The molecule has 178 valence electrons. The molecule has 1 amide bonds. The molecule has 7 heteroatoms. The Hall–Kier alpha value is -3.74. The molecule has 3 aromatic carbocycles. The Balaban J connectivity index is 1.53. The number of carbonyl (C=O) groups is 1. The Morgan fingerprint density at radius 3 is 2.00 bits per heavy atom. The van der Waals surface area contributed by atoms with Crippen LogP contribution in [0.15, 0.2) is 77.9 Å². The summed E-state index contributed by atoms with van der Waals surface area (Å²) in [5.74, 6) is 0.484. The smallest absolute Gasteiger partial charge is 0.387 e. The van der Waals surface area contributed by atoms with Crippen molar-refractivity contribution in [2.45, 2.75) is 46.3 Å². The molecule has 0 saturated heterocycles. The van der Waals surface area contributed by atoms with Gasteiger partial charge in [0, 0.05) is 5.56 Å². The van der Waals surface area contributed by atoms with E-state index in [9.17, 15) is 13.6 Å². The van der Waals surface area contributed by atoms with Gasteiger partial charge < -0.3 is 9.47 Å². The van der Waals surface area contributed by atoms with E-state index in [2.05, 4.69) is 48.2 Å². The molecule has 0 unspecified atom stereocenters. The number of hydrogen-bond donors (Lipinski definition) is 1. The SMILES string of the molecule is C/C(=N/NC(=O)c1ccc(COc2ccc(C(C)(C)C)cc2)cc1)c1ccc(OC(F)F)cc1. The Kier molecular flexibility index (Phi) is 7.99. The van der Waals surface area contributed by atoms with E-state index in [0.29, 0.717) is 23.4 Å². The molecular formula is C27H28F2N2O3. The van der Waals surface area contributed by atoms with Gasteiger partial charge in [-0.05, 0) is 77.6 Å². The summed E-state index contributed by atoms with van der Waals surface area (Å²) in [5.41, 5.74) is 6.42. The van der Waals surface area contributed by atoms with Gasteiger partial charge in [0.15, 0.2) is 0 Å². The quantitative estimate of drug-likeness (QED) is 0.312. The fourth-order valence-electron chi connectivity index (χ4n) is 3.11. The first-order chi connectivity index (χ1) is 16.1. The van der Waals surface area contributed by atoms with E-state index in [4.69, 9.17) is 4.74 Å². The molecule has 3 aromatic rings. The highest BCUT2D eigenvalue weighted by atomic mass is 19.3. The van der Waals surface area contributed by atoms with E-state index in [1.165, 1.54) is 17.7 Å². The molecule has 0 aliphatic heterocycles. The Morgan fingerprint density at radius 1 is 0.882 bits per heavy atom. The van der Waals surface area contributed by atoms with E-state index in [1.807, 2.05) is 24.3 Å². The Bertz CT molecular complexity index is 1120. The highest BCUT2D eigenvalue weighted by Crippen LogP contribution is 2.24. The number of halogens is 2. The predicted molar refractivity (Wildman–Crippen MR) is 129 cm³/mol. The van der Waals surface area contributed by atoms with E-state index in [-0.39, 0.29) is 17.1 Å². The van der Waals surface area contributed by atoms with Gasteiger partial charge in [-0.1, -0.05) is 45.0 Å². The summed E-state index contributed by atoms with van der Waals surface area (Å²) in [6.07, 6.45) is 0. The van der Waals surface area contributed by atoms with Crippen molar-refractivity contribution in [1.29, 1.82) is 0 Å². The molecule has 0 saturated carbocycles. The van der Waals surface area contributed by atoms with Crippen LogP contribution in [0, 0.1) is 0 Å². The fraction of sp³-hybridized carbons (Fsp3) is 0.259. The third kappa shape index (κ3) is 7.13. The zero-order valence-corrected chi connectivity index (χ0v) is 19.6. The minimum absolute atomic E-state index is 0.0570. The lowest BCUT2D eigenvalue weighted by molar-refractivity contribution is -0.0498. The fourth-order valence-corrected chi connectivity index (χ4v) is 3.11. The second-order valence-electron chi connectivity index (χ2n) is 8.80. The van der Waals surface area contributed by atoms with E-state index >= 15 is 0 Å². The van der Waals surface area contributed by atoms with Crippen molar-refractivity contribution in [3.05, 3.63) is 95.1 Å². The molecule has 0 fully saturated rings. The van der Waals surface area contributed by atoms with Crippen molar-refractivity contribution in [2.75, 3.05) is 0 Å². The third-order valence-corrected chi connectivity index (χ3v) is 5.16. The van der Waals surface area contributed by atoms with Crippen molar-refractivity contribution < 1.29 is 23.0 Å². The lowest BCUT2D eigenvalue weighted by Crippen LogP contribution is -2.19. The van der Waals surface area contributed by atoms with E-state index in [1.54, 1.807) is 31.2 Å². The molecular weight excluding hydrogens is 438 g/mol. The Morgan fingerprint density at radius 2 is 1.44 bits per heavy atom. The van der Waals surface area contributed by atoms with Crippen LogP contribution < -0.4 is 14.9 Å². The lowest BCUT2D eigenvalue weighted by Gasteiger charge is -2.19. The van der Waals surface area contributed by atoms with Crippen LogP contribution in [0.2, 0.25) is 0 Å². The minimum Gasteiger partial charge on any atom is -0.489 e. The van der Waals surface area contributed by atoms with Gasteiger partial charge in [-0.25, -0.2) is 5.43 Å². The largest absolute Gasteiger partial charge is 0.489 e. The maximum Gasteiger partial charge on any atom is 0.387 e. The number of benzene rings is 3. The van der Waals surface area contributed by atoms with Crippen LogP contribution in [0.25, 0.3) is 0 Å². The normalized spacial score (nSPS) is 11.9. The molecule has 0 atom stereocenters. The maximum atomic E-state index is 12.4. The zero-order chi connectivity index (χ0) is 24.7. The molecule has 0 spiro atoms. The first-order valence-electron chi connectivity index (χ1n) is 10.8. The average Bonchev–Trinajstić information content (AvgIpc) is 2.81. The number of hydrazone groups is 1. The van der Waals surface area contributed by atoms with Crippen molar-refractivity contribution in [3.8, 4) is 11.5 Å². The topological polar surface area (TPSA) is 59.9 Å². The summed E-state index contributed by atoms with van der Waals surface area (Å²) in [4.78, 5) is 12.4. The second kappa shape index (κ2) is 10.9. The number of amides is 1. The Labute approximate surface area is 198 Å². The van der Waals surface area contributed by atoms with Gasteiger partial charge >= 0.3 is 6.61 Å². The summed E-state index contributed by atoms with van der Waals surface area (Å²) in [7, 11) is 0. The number of ether oxygens (including phenoxy) is 2. The number of nitrogens with zero attached hydrogens (tertiary/aromatic N) is 1. The summed E-state index contributed by atoms with van der Waals surface area (Å²) >= 11 is 0. The molecule has 5 nitrogen and oxygen atoms in total. The highest BCUT2D eigenvalue weighted by Gasteiger charge is 2.13. The number of alkyl halides is 2. The van der Waals surface area contributed by atoms with Gasteiger partial charge in [0.05, 0.1) is 5.71 Å². The summed E-state index contributed by atoms with van der Waals surface area (Å²) < 4.78 is 34.7. The van der Waals surface area contributed by atoms with Gasteiger partial charge in [0.25, 0.3) is 5.91 Å². The van der Waals surface area contributed by atoms with Gasteiger partial charge in [-0.15, -0.1) is 0 Å². The van der Waals surface area contributed by atoms with Crippen LogP contribution >= 0.6 is 0 Å². The van der Waals surface area contributed by atoms with Crippen LogP contribution in [0.5, 0.6) is 11.5 Å². The standard InChI is InChI=1S/C27H28F2N2O3/c1-18(20-9-13-24(14-10-20)34-26(28)29)30-31-25(32)21-7-5-19(6-8-21)17-33-23-15-11-22(12-16-23)27(2,3)4/h5-16,26H,17H2,1-4H3,(H,31,32)/b30-18-. The van der Waals surface area contributed by atoms with Crippen molar-refractivity contribution >= 4 is 11.6 Å². The van der Waals surface area contributed by atoms with Gasteiger partial charge in [0.1, 0.15) is 18.1 Å². The van der Waals surface area contributed by atoms with Crippen molar-refractivity contribution in [3.63, 3.8) is 0 Å². The molecule has 0 heterocycles. The predicted octanol–water partition coefficient (Wildman–Crippen LogP) is 6.32. The van der Waals surface area contributed by atoms with Crippen LogP contribution in [0.3, 0.4) is 0 Å². The number of nitrogens with one attached hydrogen (secondary N) is 1. The van der Waals surface area contributed by atoms with Gasteiger partial charge in [-0.3, -0.25) is 4.79 Å². The number of hydrogen-bond acceptors (Lipinski definition) is 4. The lowest BCUT2D eigenvalue weighted by atomic mass is 9.87. The second-order valence-corrected chi connectivity index (χ2v) is 8.80. The summed E-state index contributed by atoms with van der Waals surface area (Å²) in [6, 6.07) is 21.1. The van der Waals surface area contributed by atoms with Crippen molar-refractivity contribution in [2.24, 2.45) is 5.10 Å². The van der Waals surface area contributed by atoms with Crippen LogP contribution in [0.1, 0.15) is 54.7 Å². The third-order valence-electron chi connectivity index (χ3n) is 5.16. The summed E-state index contributed by atoms with van der Waals surface area (Å²) in [6.45, 7) is 5.71. The van der Waals surface area contributed by atoms with Gasteiger partial charge in [0.2, 0.25) is 0 Å². The van der Waals surface area contributed by atoms with E-state index in [0.717, 1.165) is 11.3 Å². The highest BCUT2D eigenvalue weighted by molar-refractivity contribution is 6.00. The minimum atomic E-state index is -2.88. The molecule has 0 aliphatic carbocycles. The molecule has 0 radical (unpaired) electrons. The number of carbonyl (C=O) groups excluding carboxylic acids is 1. The monoisotopic (exact) mass is 466 g/mol. The van der Waals surface area contributed by atoms with Crippen LogP contribution in [-0.4, -0.2) is 18.2 Å². The number of rotatable bonds is 8. The molecule has 34 heavy (non-hydrogen) atoms. The average molecular weight is 467 g/mol.